The molecule has 1 aliphatic rings. The zero-order valence-corrected chi connectivity index (χ0v) is 9.13. The molecule has 1 aromatic heterocycles. The number of rotatable bonds is 5. The molecule has 0 amide bonds. The average Bonchev–Trinajstić information content (AvgIpc) is 3.00. The summed E-state index contributed by atoms with van der Waals surface area (Å²) in [6.45, 7) is 3.25. The summed E-state index contributed by atoms with van der Waals surface area (Å²) in [5.41, 5.74) is 0. The topological polar surface area (TPSA) is 37.8 Å². The lowest BCUT2D eigenvalue weighted by molar-refractivity contribution is 0.678. The van der Waals surface area contributed by atoms with Gasteiger partial charge in [0.15, 0.2) is 5.16 Å². The first-order chi connectivity index (χ1) is 6.84. The van der Waals surface area contributed by atoms with Gasteiger partial charge in [-0.2, -0.15) is 0 Å². The maximum atomic E-state index is 4.19. The molecular weight excluding hydrogens is 194 g/mol. The molecule has 0 aliphatic heterocycles. The molecule has 1 heterocycles. The van der Waals surface area contributed by atoms with Crippen LogP contribution in [0, 0.1) is 0 Å². The standard InChI is InChI=1S/C10H15N3S/c1-8(7-13-9-3-4-9)14-10-11-5-2-6-12-10/h2,5-6,8-9,13H,3-4,7H2,1H3. The molecule has 1 aromatic rings. The molecule has 3 nitrogen and oxygen atoms in total. The Morgan fingerprint density at radius 3 is 2.86 bits per heavy atom. The number of aromatic nitrogens is 2. The lowest BCUT2D eigenvalue weighted by Crippen LogP contribution is -2.24. The molecular formula is C10H15N3S. The summed E-state index contributed by atoms with van der Waals surface area (Å²) in [4.78, 5) is 8.37. The maximum Gasteiger partial charge on any atom is 0.187 e. The Kier molecular flexibility index (Phi) is 3.37. The van der Waals surface area contributed by atoms with Gasteiger partial charge in [-0.25, -0.2) is 9.97 Å². The molecule has 76 valence electrons. The van der Waals surface area contributed by atoms with Crippen LogP contribution in [0.25, 0.3) is 0 Å². The van der Waals surface area contributed by atoms with Gasteiger partial charge in [0, 0.05) is 30.2 Å². The van der Waals surface area contributed by atoms with Gasteiger partial charge in [-0.15, -0.1) is 0 Å². The van der Waals surface area contributed by atoms with E-state index in [2.05, 4.69) is 22.2 Å². The van der Waals surface area contributed by atoms with E-state index in [4.69, 9.17) is 0 Å². The van der Waals surface area contributed by atoms with Gasteiger partial charge in [0.05, 0.1) is 0 Å². The van der Waals surface area contributed by atoms with Crippen molar-refractivity contribution < 1.29 is 0 Å². The van der Waals surface area contributed by atoms with Crippen molar-refractivity contribution in [3.63, 3.8) is 0 Å². The van der Waals surface area contributed by atoms with Crippen LogP contribution in [0.5, 0.6) is 0 Å². The van der Waals surface area contributed by atoms with Crippen molar-refractivity contribution in [2.45, 2.75) is 36.2 Å². The predicted molar refractivity (Wildman–Crippen MR) is 58.4 cm³/mol. The summed E-state index contributed by atoms with van der Waals surface area (Å²) in [5, 5.41) is 4.91. The van der Waals surface area contributed by atoms with Crippen LogP contribution in [0.1, 0.15) is 19.8 Å². The Morgan fingerprint density at radius 2 is 2.21 bits per heavy atom. The summed E-state index contributed by atoms with van der Waals surface area (Å²) >= 11 is 1.73. The lowest BCUT2D eigenvalue weighted by atomic mass is 10.4. The Bertz CT molecular complexity index is 274. The maximum absolute atomic E-state index is 4.19. The molecule has 1 saturated carbocycles. The molecule has 4 heteroatoms. The summed E-state index contributed by atoms with van der Waals surface area (Å²) in [6.07, 6.45) is 6.27. The second kappa shape index (κ2) is 4.75. The summed E-state index contributed by atoms with van der Waals surface area (Å²) in [5.74, 6) is 0. The largest absolute Gasteiger partial charge is 0.313 e. The van der Waals surface area contributed by atoms with Crippen molar-refractivity contribution in [2.24, 2.45) is 0 Å². The van der Waals surface area contributed by atoms with Crippen molar-refractivity contribution in [3.8, 4) is 0 Å². The number of nitrogens with zero attached hydrogens (tertiary/aromatic N) is 2. The van der Waals surface area contributed by atoms with Crippen LogP contribution in [0.4, 0.5) is 0 Å². The summed E-state index contributed by atoms with van der Waals surface area (Å²) in [6, 6.07) is 2.63. The quantitative estimate of drug-likeness (QED) is 0.592. The Labute approximate surface area is 88.7 Å². The van der Waals surface area contributed by atoms with Crippen LogP contribution in [0.3, 0.4) is 0 Å². The first kappa shape index (κ1) is 9.93. The molecule has 1 atom stereocenters. The molecule has 0 saturated heterocycles. The Morgan fingerprint density at radius 1 is 1.50 bits per heavy atom. The minimum atomic E-state index is 0.540. The van der Waals surface area contributed by atoms with E-state index in [9.17, 15) is 0 Å². The number of hydrogen-bond donors (Lipinski definition) is 1. The van der Waals surface area contributed by atoms with E-state index < -0.39 is 0 Å². The third-order valence-electron chi connectivity index (χ3n) is 2.12. The van der Waals surface area contributed by atoms with Gasteiger partial charge in [-0.05, 0) is 18.9 Å². The minimum Gasteiger partial charge on any atom is -0.313 e. The molecule has 0 aromatic carbocycles. The highest BCUT2D eigenvalue weighted by Gasteiger charge is 2.21. The second-order valence-electron chi connectivity index (χ2n) is 3.64. The van der Waals surface area contributed by atoms with E-state index in [1.807, 2.05) is 6.07 Å². The van der Waals surface area contributed by atoms with Gasteiger partial charge < -0.3 is 5.32 Å². The fourth-order valence-corrected chi connectivity index (χ4v) is 1.97. The van der Waals surface area contributed by atoms with Crippen LogP contribution >= 0.6 is 11.8 Å². The van der Waals surface area contributed by atoms with Gasteiger partial charge in [0.2, 0.25) is 0 Å². The zero-order valence-electron chi connectivity index (χ0n) is 8.31. The van der Waals surface area contributed by atoms with Gasteiger partial charge in [-0.1, -0.05) is 18.7 Å². The van der Waals surface area contributed by atoms with Gasteiger partial charge in [-0.3, -0.25) is 0 Å². The van der Waals surface area contributed by atoms with Crippen molar-refractivity contribution in [1.29, 1.82) is 0 Å². The van der Waals surface area contributed by atoms with Crippen LogP contribution in [0.15, 0.2) is 23.6 Å². The van der Waals surface area contributed by atoms with Gasteiger partial charge in [0.1, 0.15) is 0 Å². The molecule has 0 bridgehead atoms. The molecule has 0 spiro atoms. The van der Waals surface area contributed by atoms with E-state index >= 15 is 0 Å². The number of hydrogen-bond acceptors (Lipinski definition) is 4. The summed E-state index contributed by atoms with van der Waals surface area (Å²) in [7, 11) is 0. The van der Waals surface area contributed by atoms with Crippen molar-refractivity contribution in [3.05, 3.63) is 18.5 Å². The second-order valence-corrected chi connectivity index (χ2v) is 5.05. The summed E-state index contributed by atoms with van der Waals surface area (Å²) < 4.78 is 0. The highest BCUT2D eigenvalue weighted by Crippen LogP contribution is 2.21. The van der Waals surface area contributed by atoms with Crippen LogP contribution in [-0.2, 0) is 0 Å². The molecule has 1 N–H and O–H groups in total. The molecule has 1 unspecified atom stereocenters. The molecule has 14 heavy (non-hydrogen) atoms. The van der Waals surface area contributed by atoms with Crippen LogP contribution in [-0.4, -0.2) is 27.8 Å². The fourth-order valence-electron chi connectivity index (χ4n) is 1.19. The third kappa shape index (κ3) is 3.27. The Balaban J connectivity index is 1.73. The Hall–Kier alpha value is -0.610. The smallest absolute Gasteiger partial charge is 0.187 e. The molecule has 0 radical (unpaired) electrons. The van der Waals surface area contributed by atoms with E-state index in [1.54, 1.807) is 24.2 Å². The highest BCUT2D eigenvalue weighted by atomic mass is 32.2. The minimum absolute atomic E-state index is 0.540. The van der Waals surface area contributed by atoms with E-state index in [0.717, 1.165) is 17.7 Å². The van der Waals surface area contributed by atoms with Crippen molar-refractivity contribution in [2.75, 3.05) is 6.54 Å². The third-order valence-corrected chi connectivity index (χ3v) is 3.11. The first-order valence-corrected chi connectivity index (χ1v) is 5.89. The fraction of sp³-hybridized carbons (Fsp3) is 0.600. The van der Waals surface area contributed by atoms with Crippen molar-refractivity contribution >= 4 is 11.8 Å². The van der Waals surface area contributed by atoms with Crippen LogP contribution in [0.2, 0.25) is 0 Å². The monoisotopic (exact) mass is 209 g/mol. The van der Waals surface area contributed by atoms with E-state index in [1.165, 1.54) is 12.8 Å². The molecule has 1 fully saturated rings. The van der Waals surface area contributed by atoms with Gasteiger partial charge >= 0.3 is 0 Å². The lowest BCUT2D eigenvalue weighted by Gasteiger charge is -2.09. The number of thioether (sulfide) groups is 1. The van der Waals surface area contributed by atoms with Gasteiger partial charge in [0.25, 0.3) is 0 Å². The average molecular weight is 209 g/mol. The molecule has 2 rings (SSSR count). The highest BCUT2D eigenvalue weighted by molar-refractivity contribution is 7.99. The normalized spacial score (nSPS) is 18.1. The first-order valence-electron chi connectivity index (χ1n) is 5.01. The SMILES string of the molecule is CC(CNC1CC1)Sc1ncccn1. The van der Waals surface area contributed by atoms with E-state index in [0.29, 0.717) is 5.25 Å². The molecule has 1 aliphatic carbocycles. The van der Waals surface area contributed by atoms with Crippen LogP contribution < -0.4 is 5.32 Å². The van der Waals surface area contributed by atoms with Crippen molar-refractivity contribution in [1.82, 2.24) is 15.3 Å². The number of nitrogens with one attached hydrogen (secondary N) is 1. The predicted octanol–water partition coefficient (Wildman–Crippen LogP) is 1.71. The zero-order chi connectivity index (χ0) is 9.80. The van der Waals surface area contributed by atoms with E-state index in [-0.39, 0.29) is 0 Å².